The third-order valence-electron chi connectivity index (χ3n) is 2.44. The number of carbonyl (C=O) groups is 1. The number of carbonyl (C=O) groups excluding carboxylic acids is 1. The maximum atomic E-state index is 11.8. The van der Waals surface area contributed by atoms with E-state index in [1.807, 2.05) is 18.2 Å². The minimum atomic E-state index is -0.0589. The normalized spacial score (nSPS) is 10.4. The topological polar surface area (TPSA) is 70.7 Å². The molecule has 0 aliphatic rings. The summed E-state index contributed by atoms with van der Waals surface area (Å²) in [6, 6.07) is 5.64. The first-order chi connectivity index (χ1) is 9.28. The maximum absolute atomic E-state index is 11.8. The van der Waals surface area contributed by atoms with E-state index in [1.54, 1.807) is 12.4 Å². The summed E-state index contributed by atoms with van der Waals surface area (Å²) < 4.78 is 0. The monoisotopic (exact) mass is 276 g/mol. The van der Waals surface area contributed by atoms with Crippen LogP contribution in [-0.2, 0) is 11.2 Å². The molecule has 2 aromatic rings. The van der Waals surface area contributed by atoms with Gasteiger partial charge in [0.15, 0.2) is 5.82 Å². The fourth-order valence-corrected chi connectivity index (χ4v) is 2.27. The van der Waals surface area contributed by atoms with Crippen molar-refractivity contribution < 1.29 is 4.79 Å². The van der Waals surface area contributed by atoms with Crippen molar-refractivity contribution in [2.75, 3.05) is 11.1 Å². The number of nitrogens with zero attached hydrogens (tertiary/aromatic N) is 2. The predicted octanol–water partition coefficient (Wildman–Crippen LogP) is 2.49. The van der Waals surface area contributed by atoms with Crippen molar-refractivity contribution in [3.05, 3.63) is 36.3 Å². The zero-order chi connectivity index (χ0) is 13.5. The van der Waals surface area contributed by atoms with Crippen molar-refractivity contribution in [3.8, 4) is 0 Å². The number of rotatable bonds is 6. The fourth-order valence-electron chi connectivity index (χ4n) is 1.59. The van der Waals surface area contributed by atoms with E-state index in [4.69, 9.17) is 0 Å². The molecule has 2 aromatic heterocycles. The highest BCUT2D eigenvalue weighted by Gasteiger charge is 2.06. The smallest absolute Gasteiger partial charge is 0.235 e. The van der Waals surface area contributed by atoms with Gasteiger partial charge in [0.25, 0.3) is 0 Å². The van der Waals surface area contributed by atoms with Crippen LogP contribution in [-0.4, -0.2) is 26.8 Å². The van der Waals surface area contributed by atoms with Crippen LogP contribution in [0.1, 0.15) is 19.0 Å². The highest BCUT2D eigenvalue weighted by atomic mass is 32.2. The van der Waals surface area contributed by atoms with E-state index >= 15 is 0 Å². The van der Waals surface area contributed by atoms with Crippen molar-refractivity contribution in [1.82, 2.24) is 15.2 Å². The minimum absolute atomic E-state index is 0.0589. The van der Waals surface area contributed by atoms with Crippen LogP contribution in [0.5, 0.6) is 0 Å². The number of nitrogens with one attached hydrogen (secondary N) is 2. The lowest BCUT2D eigenvalue weighted by atomic mass is 10.2. The molecule has 5 nitrogen and oxygen atoms in total. The molecule has 0 radical (unpaired) electrons. The summed E-state index contributed by atoms with van der Waals surface area (Å²) in [4.78, 5) is 16.7. The standard InChI is InChI=1S/C13H16N4OS/c1-2-3-10-8-12(17-16-10)15-13(18)9-19-11-4-6-14-7-5-11/h4-8H,2-3,9H2,1H3,(H2,15,16,17,18). The molecule has 2 N–H and O–H groups in total. The number of aromatic nitrogens is 3. The molecule has 0 unspecified atom stereocenters. The van der Waals surface area contributed by atoms with E-state index in [0.29, 0.717) is 11.6 Å². The van der Waals surface area contributed by atoms with Gasteiger partial charge >= 0.3 is 0 Å². The Labute approximate surface area is 116 Å². The molecule has 100 valence electrons. The number of thioether (sulfide) groups is 1. The third kappa shape index (κ3) is 4.40. The second-order valence-corrected chi connectivity index (χ2v) is 5.10. The Kier molecular flexibility index (Phi) is 4.97. The van der Waals surface area contributed by atoms with Gasteiger partial charge in [-0.05, 0) is 18.6 Å². The summed E-state index contributed by atoms with van der Waals surface area (Å²) in [6.07, 6.45) is 5.41. The van der Waals surface area contributed by atoms with Gasteiger partial charge in [0.2, 0.25) is 5.91 Å². The van der Waals surface area contributed by atoms with Crippen molar-refractivity contribution >= 4 is 23.5 Å². The average Bonchev–Trinajstić information content (AvgIpc) is 2.85. The van der Waals surface area contributed by atoms with Crippen LogP contribution in [0.4, 0.5) is 5.82 Å². The van der Waals surface area contributed by atoms with Crippen LogP contribution >= 0.6 is 11.8 Å². The lowest BCUT2D eigenvalue weighted by Crippen LogP contribution is -2.14. The summed E-state index contributed by atoms with van der Waals surface area (Å²) in [5.74, 6) is 0.889. The van der Waals surface area contributed by atoms with Crippen molar-refractivity contribution in [2.24, 2.45) is 0 Å². The highest BCUT2D eigenvalue weighted by molar-refractivity contribution is 8.00. The molecular weight excluding hydrogens is 260 g/mol. The molecule has 6 heteroatoms. The molecule has 0 saturated carbocycles. The fraction of sp³-hybridized carbons (Fsp3) is 0.308. The van der Waals surface area contributed by atoms with Gasteiger partial charge in [-0.2, -0.15) is 5.10 Å². The van der Waals surface area contributed by atoms with E-state index in [1.165, 1.54) is 11.8 Å². The Morgan fingerprint density at radius 1 is 1.42 bits per heavy atom. The van der Waals surface area contributed by atoms with Gasteiger partial charge in [0, 0.05) is 29.0 Å². The number of amides is 1. The van der Waals surface area contributed by atoms with Gasteiger partial charge in [-0.15, -0.1) is 11.8 Å². The number of aromatic amines is 1. The zero-order valence-corrected chi connectivity index (χ0v) is 11.5. The molecule has 1 amide bonds. The first-order valence-electron chi connectivity index (χ1n) is 6.15. The Balaban J connectivity index is 1.80. The van der Waals surface area contributed by atoms with Crippen LogP contribution in [0, 0.1) is 0 Å². The van der Waals surface area contributed by atoms with Gasteiger partial charge in [0.05, 0.1) is 5.75 Å². The van der Waals surface area contributed by atoms with Crippen LogP contribution in [0.3, 0.4) is 0 Å². The molecule has 0 atom stereocenters. The summed E-state index contributed by atoms with van der Waals surface area (Å²) in [6.45, 7) is 2.10. The molecule has 0 aliphatic heterocycles. The van der Waals surface area contributed by atoms with Gasteiger partial charge in [-0.3, -0.25) is 14.9 Å². The molecule has 0 spiro atoms. The quantitative estimate of drug-likeness (QED) is 0.795. The minimum Gasteiger partial charge on any atom is -0.308 e. The number of aryl methyl sites for hydroxylation is 1. The Bertz CT molecular complexity index is 526. The molecule has 2 heterocycles. The summed E-state index contributed by atoms with van der Waals surface area (Å²) in [7, 11) is 0. The third-order valence-corrected chi connectivity index (χ3v) is 3.45. The van der Waals surface area contributed by atoms with Crippen molar-refractivity contribution in [1.29, 1.82) is 0 Å². The summed E-state index contributed by atoms with van der Waals surface area (Å²) >= 11 is 1.47. The number of hydrogen-bond donors (Lipinski definition) is 2. The summed E-state index contributed by atoms with van der Waals surface area (Å²) in [5.41, 5.74) is 1.04. The SMILES string of the molecule is CCCc1cc(NC(=O)CSc2ccncc2)n[nH]1. The van der Waals surface area contributed by atoms with E-state index in [2.05, 4.69) is 27.4 Å². The Morgan fingerprint density at radius 2 is 2.21 bits per heavy atom. The number of pyridine rings is 1. The highest BCUT2D eigenvalue weighted by Crippen LogP contribution is 2.16. The second-order valence-electron chi connectivity index (χ2n) is 4.05. The first kappa shape index (κ1) is 13.6. The lowest BCUT2D eigenvalue weighted by Gasteiger charge is -2.01. The zero-order valence-electron chi connectivity index (χ0n) is 10.7. The molecule has 0 aromatic carbocycles. The number of hydrogen-bond acceptors (Lipinski definition) is 4. The molecule has 0 bridgehead atoms. The number of H-pyrrole nitrogens is 1. The average molecular weight is 276 g/mol. The Morgan fingerprint density at radius 3 is 2.95 bits per heavy atom. The molecule has 0 aliphatic carbocycles. The van der Waals surface area contributed by atoms with Crippen LogP contribution in [0.25, 0.3) is 0 Å². The van der Waals surface area contributed by atoms with Crippen molar-refractivity contribution in [3.63, 3.8) is 0 Å². The number of anilines is 1. The van der Waals surface area contributed by atoms with E-state index < -0.39 is 0 Å². The first-order valence-corrected chi connectivity index (χ1v) is 7.13. The van der Waals surface area contributed by atoms with E-state index in [9.17, 15) is 4.79 Å². The van der Waals surface area contributed by atoms with Gasteiger partial charge in [-0.1, -0.05) is 13.3 Å². The van der Waals surface area contributed by atoms with E-state index in [0.717, 1.165) is 23.4 Å². The molecule has 2 rings (SSSR count). The van der Waals surface area contributed by atoms with Crippen molar-refractivity contribution in [2.45, 2.75) is 24.7 Å². The molecule has 19 heavy (non-hydrogen) atoms. The molecule has 0 fully saturated rings. The van der Waals surface area contributed by atoms with Crippen LogP contribution < -0.4 is 5.32 Å². The molecule has 0 saturated heterocycles. The largest absolute Gasteiger partial charge is 0.308 e. The van der Waals surface area contributed by atoms with Gasteiger partial charge in [-0.25, -0.2) is 0 Å². The predicted molar refractivity (Wildman–Crippen MR) is 76.2 cm³/mol. The van der Waals surface area contributed by atoms with Gasteiger partial charge in [0.1, 0.15) is 0 Å². The van der Waals surface area contributed by atoms with Crippen LogP contribution in [0.2, 0.25) is 0 Å². The lowest BCUT2D eigenvalue weighted by molar-refractivity contribution is -0.113. The van der Waals surface area contributed by atoms with E-state index in [-0.39, 0.29) is 5.91 Å². The molecular formula is C13H16N4OS. The van der Waals surface area contributed by atoms with Crippen LogP contribution in [0.15, 0.2) is 35.5 Å². The second kappa shape index (κ2) is 6.94. The Hall–Kier alpha value is -1.82. The maximum Gasteiger partial charge on any atom is 0.235 e. The van der Waals surface area contributed by atoms with Gasteiger partial charge < -0.3 is 5.32 Å². The summed E-state index contributed by atoms with van der Waals surface area (Å²) in [5, 5.41) is 9.73.